The summed E-state index contributed by atoms with van der Waals surface area (Å²) in [6.07, 6.45) is 0. The monoisotopic (exact) mass is 499 g/mol. The minimum absolute atomic E-state index is 0.00124. The number of benzene rings is 2. The first-order valence-electron chi connectivity index (χ1n) is 10.4. The van der Waals surface area contributed by atoms with Crippen LogP contribution in [-0.4, -0.2) is 55.9 Å². The average molecular weight is 500 g/mol. The second kappa shape index (κ2) is 9.15. The number of aromatic nitrogens is 2. The lowest BCUT2D eigenvalue weighted by Gasteiger charge is -2.26. The molecule has 2 heterocycles. The number of aliphatic hydroxyl groups excluding tert-OH is 1. The van der Waals surface area contributed by atoms with E-state index in [1.54, 1.807) is 36.4 Å². The highest BCUT2D eigenvalue weighted by molar-refractivity contribution is 7.89. The van der Waals surface area contributed by atoms with Gasteiger partial charge in [0.05, 0.1) is 36.9 Å². The summed E-state index contributed by atoms with van der Waals surface area (Å²) in [5.41, 5.74) is 8.14. The molecule has 0 bridgehead atoms. The lowest BCUT2D eigenvalue weighted by atomic mass is 10.1. The quantitative estimate of drug-likeness (QED) is 0.343. The Bertz CT molecular complexity index is 1550. The van der Waals surface area contributed by atoms with Crippen LogP contribution in [0.3, 0.4) is 0 Å². The van der Waals surface area contributed by atoms with Gasteiger partial charge in [-0.25, -0.2) is 13.6 Å². The topological polar surface area (TPSA) is 163 Å². The fraction of sp³-hybridized carbons (Fsp3) is 0.217. The maximum atomic E-state index is 13.3. The summed E-state index contributed by atoms with van der Waals surface area (Å²) in [7, 11) is 0.819. The zero-order valence-corrected chi connectivity index (χ0v) is 20.1. The molecule has 0 aliphatic rings. The van der Waals surface area contributed by atoms with E-state index in [1.165, 1.54) is 31.3 Å². The number of aryl methyl sites for hydroxylation is 1. The molecule has 0 aliphatic carbocycles. The van der Waals surface area contributed by atoms with Gasteiger partial charge in [-0.15, -0.1) is 0 Å². The highest BCUT2D eigenvalue weighted by Gasteiger charge is 2.28. The number of primary sulfonamides is 1. The summed E-state index contributed by atoms with van der Waals surface area (Å²) in [5.74, 6) is -0.163. The van der Waals surface area contributed by atoms with E-state index in [0.717, 1.165) is 16.4 Å². The summed E-state index contributed by atoms with van der Waals surface area (Å²) < 4.78 is 36.1. The number of hydrogen-bond acceptors (Lipinski definition) is 8. The van der Waals surface area contributed by atoms with E-state index >= 15 is 0 Å². The number of anilines is 2. The SMILES string of the molecule is COc1ccc(N(C(=O)C(N)CO)c2ccc3c4cc(S(N)(=O)=O)ccc4n(C)c3c2)c(OC)n1. The Morgan fingerprint density at radius 1 is 1.09 bits per heavy atom. The summed E-state index contributed by atoms with van der Waals surface area (Å²) >= 11 is 0. The maximum Gasteiger partial charge on any atom is 0.251 e. The van der Waals surface area contributed by atoms with Gasteiger partial charge in [-0.1, -0.05) is 6.07 Å². The predicted molar refractivity (Wildman–Crippen MR) is 131 cm³/mol. The first-order valence-corrected chi connectivity index (χ1v) is 12.0. The average Bonchev–Trinajstić information content (AvgIpc) is 3.14. The third kappa shape index (κ3) is 4.28. The van der Waals surface area contributed by atoms with Crippen molar-refractivity contribution < 1.29 is 27.8 Å². The van der Waals surface area contributed by atoms with Crippen LogP contribution in [0.25, 0.3) is 21.8 Å². The highest BCUT2D eigenvalue weighted by Crippen LogP contribution is 2.38. The molecule has 0 aliphatic heterocycles. The van der Waals surface area contributed by atoms with Crippen molar-refractivity contribution >= 4 is 49.1 Å². The van der Waals surface area contributed by atoms with Gasteiger partial charge in [0.1, 0.15) is 11.7 Å². The van der Waals surface area contributed by atoms with Crippen LogP contribution in [0.15, 0.2) is 53.4 Å². The molecule has 11 nitrogen and oxygen atoms in total. The van der Waals surface area contributed by atoms with Gasteiger partial charge in [0.15, 0.2) is 0 Å². The molecule has 0 fully saturated rings. The van der Waals surface area contributed by atoms with Crippen molar-refractivity contribution in [3.05, 3.63) is 48.5 Å². The minimum Gasteiger partial charge on any atom is -0.481 e. The molecular formula is C23H25N5O6S. The van der Waals surface area contributed by atoms with E-state index in [1.807, 2.05) is 11.6 Å². The van der Waals surface area contributed by atoms with Crippen molar-refractivity contribution in [1.82, 2.24) is 9.55 Å². The molecule has 1 amide bonds. The Morgan fingerprint density at radius 3 is 2.46 bits per heavy atom. The van der Waals surface area contributed by atoms with Crippen molar-refractivity contribution in [2.24, 2.45) is 17.9 Å². The fourth-order valence-corrected chi connectivity index (χ4v) is 4.51. The number of carbonyl (C=O) groups excluding carboxylic acids is 1. The molecule has 2 aromatic heterocycles. The van der Waals surface area contributed by atoms with Gasteiger partial charge >= 0.3 is 0 Å². The third-order valence-corrected chi connectivity index (χ3v) is 6.65. The predicted octanol–water partition coefficient (Wildman–Crippen LogP) is 1.38. The van der Waals surface area contributed by atoms with E-state index < -0.39 is 28.6 Å². The van der Waals surface area contributed by atoms with Crippen molar-refractivity contribution in [3.8, 4) is 11.8 Å². The molecule has 0 saturated carbocycles. The molecular weight excluding hydrogens is 474 g/mol. The normalized spacial score (nSPS) is 12.6. The molecule has 0 spiro atoms. The third-order valence-electron chi connectivity index (χ3n) is 5.74. The van der Waals surface area contributed by atoms with Gasteiger partial charge in [-0.2, -0.15) is 4.98 Å². The second-order valence-electron chi connectivity index (χ2n) is 7.83. The van der Waals surface area contributed by atoms with Gasteiger partial charge in [-0.3, -0.25) is 9.69 Å². The molecule has 0 saturated heterocycles. The van der Waals surface area contributed by atoms with E-state index in [-0.39, 0.29) is 10.8 Å². The molecule has 0 radical (unpaired) electrons. The Hall–Kier alpha value is -3.71. The minimum atomic E-state index is -3.88. The molecule has 5 N–H and O–H groups in total. The highest BCUT2D eigenvalue weighted by atomic mass is 32.2. The summed E-state index contributed by atoms with van der Waals surface area (Å²) in [6.45, 7) is -0.562. The van der Waals surface area contributed by atoms with Crippen LogP contribution < -0.4 is 25.2 Å². The number of pyridine rings is 1. The fourth-order valence-electron chi connectivity index (χ4n) is 3.97. The van der Waals surface area contributed by atoms with Crippen molar-refractivity contribution in [2.45, 2.75) is 10.9 Å². The number of nitrogens with zero attached hydrogens (tertiary/aromatic N) is 3. The number of hydrogen-bond donors (Lipinski definition) is 3. The molecule has 1 unspecified atom stereocenters. The lowest BCUT2D eigenvalue weighted by Crippen LogP contribution is -2.44. The van der Waals surface area contributed by atoms with Crippen LogP contribution in [-0.2, 0) is 21.9 Å². The number of sulfonamides is 1. The zero-order valence-electron chi connectivity index (χ0n) is 19.3. The molecule has 4 aromatic rings. The van der Waals surface area contributed by atoms with E-state index in [9.17, 15) is 18.3 Å². The smallest absolute Gasteiger partial charge is 0.251 e. The second-order valence-corrected chi connectivity index (χ2v) is 9.39. The van der Waals surface area contributed by atoms with Crippen LogP contribution in [0.1, 0.15) is 0 Å². The Morgan fingerprint density at radius 2 is 1.83 bits per heavy atom. The van der Waals surface area contributed by atoms with Gasteiger partial charge < -0.3 is 24.9 Å². The molecule has 184 valence electrons. The lowest BCUT2D eigenvalue weighted by molar-refractivity contribution is -0.119. The first kappa shape index (κ1) is 24.4. The molecule has 2 aromatic carbocycles. The number of carbonyl (C=O) groups is 1. The molecule has 12 heteroatoms. The van der Waals surface area contributed by atoms with Gasteiger partial charge in [0.2, 0.25) is 21.8 Å². The number of fused-ring (bicyclic) bond motifs is 3. The van der Waals surface area contributed by atoms with Crippen LogP contribution >= 0.6 is 0 Å². The standard InChI is InChI=1S/C23H25N5O6S/c1-27-18-7-5-14(35(25,31)32)11-16(18)15-6-4-13(10-20(15)27)28(23(30)17(24)12-29)19-8-9-21(33-2)26-22(19)34-3/h4-11,17,29H,12,24H2,1-3H3,(H2,25,31,32). The summed E-state index contributed by atoms with van der Waals surface area (Å²) in [6, 6.07) is 11.9. The van der Waals surface area contributed by atoms with Crippen LogP contribution in [0.5, 0.6) is 11.8 Å². The van der Waals surface area contributed by atoms with Crippen LogP contribution in [0.2, 0.25) is 0 Å². The van der Waals surface area contributed by atoms with Crippen molar-refractivity contribution in [1.29, 1.82) is 0 Å². The van der Waals surface area contributed by atoms with Crippen LogP contribution in [0.4, 0.5) is 11.4 Å². The summed E-state index contributed by atoms with van der Waals surface area (Å²) in [5, 5.41) is 16.3. The van der Waals surface area contributed by atoms with E-state index in [2.05, 4.69) is 4.98 Å². The maximum absolute atomic E-state index is 13.3. The number of ether oxygens (including phenoxy) is 2. The zero-order chi connectivity index (χ0) is 25.5. The molecule has 1 atom stereocenters. The first-order chi connectivity index (χ1) is 16.6. The number of nitrogens with two attached hydrogens (primary N) is 2. The summed E-state index contributed by atoms with van der Waals surface area (Å²) in [4.78, 5) is 18.9. The van der Waals surface area contributed by atoms with Crippen molar-refractivity contribution in [2.75, 3.05) is 25.7 Å². The molecule has 35 heavy (non-hydrogen) atoms. The molecule has 4 rings (SSSR count). The largest absolute Gasteiger partial charge is 0.481 e. The van der Waals surface area contributed by atoms with Crippen LogP contribution in [0, 0.1) is 0 Å². The van der Waals surface area contributed by atoms with Crippen molar-refractivity contribution in [3.63, 3.8) is 0 Å². The number of methoxy groups -OCH3 is 2. The Labute approximate surface area is 201 Å². The number of amides is 1. The van der Waals surface area contributed by atoms with Gasteiger partial charge in [0, 0.05) is 29.4 Å². The van der Waals surface area contributed by atoms with E-state index in [4.69, 9.17) is 20.3 Å². The van der Waals surface area contributed by atoms with Gasteiger partial charge in [0.25, 0.3) is 5.91 Å². The van der Waals surface area contributed by atoms with E-state index in [0.29, 0.717) is 22.6 Å². The number of aliphatic hydroxyl groups is 1. The van der Waals surface area contributed by atoms with Gasteiger partial charge in [-0.05, 0) is 36.4 Å². The Balaban J connectivity index is 1.96. The Kier molecular flexibility index (Phi) is 6.38. The number of rotatable bonds is 7.